The third-order valence-electron chi connectivity index (χ3n) is 2.92. The third kappa shape index (κ3) is 4.84. The van der Waals surface area contributed by atoms with Gasteiger partial charge in [0, 0.05) is 19.4 Å². The molecule has 0 saturated carbocycles. The second kappa shape index (κ2) is 9.04. The van der Waals surface area contributed by atoms with Crippen LogP contribution in [0.2, 0.25) is 0 Å². The lowest BCUT2D eigenvalue weighted by Gasteiger charge is -2.26. The smallest absolute Gasteiger partial charge is 0.327 e. The molecule has 1 fully saturated rings. The summed E-state index contributed by atoms with van der Waals surface area (Å²) in [7, 11) is 1.59. The Morgan fingerprint density at radius 1 is 1.40 bits per heavy atom. The molecule has 1 aliphatic heterocycles. The van der Waals surface area contributed by atoms with E-state index in [1.807, 2.05) is 6.92 Å². The van der Waals surface area contributed by atoms with Crippen LogP contribution in [0, 0.1) is 0 Å². The second-order valence-electron chi connectivity index (χ2n) is 4.29. The Morgan fingerprint density at radius 3 is 2.75 bits per heavy atom. The van der Waals surface area contributed by atoms with Gasteiger partial charge < -0.3 is 19.9 Å². The second-order valence-corrected chi connectivity index (χ2v) is 5.51. The predicted octanol–water partition coefficient (Wildman–Crippen LogP) is 0.597. The number of methoxy groups -OCH3 is 1. The maximum Gasteiger partial charge on any atom is 0.327 e. The van der Waals surface area contributed by atoms with Gasteiger partial charge in [-0.3, -0.25) is 4.90 Å². The molecule has 8 heteroatoms. The van der Waals surface area contributed by atoms with Crippen LogP contribution in [0.1, 0.15) is 13.3 Å². The summed E-state index contributed by atoms with van der Waals surface area (Å²) in [5.74, 6) is -0.522. The molecule has 0 aromatic heterocycles. The van der Waals surface area contributed by atoms with Crippen LogP contribution in [0.5, 0.6) is 0 Å². The molecule has 20 heavy (non-hydrogen) atoms. The van der Waals surface area contributed by atoms with Crippen molar-refractivity contribution < 1.29 is 24.2 Å². The molecular formula is C12H22N2O5S. The average Bonchev–Trinajstić information content (AvgIpc) is 2.86. The van der Waals surface area contributed by atoms with Gasteiger partial charge in [0.05, 0.1) is 25.2 Å². The lowest BCUT2D eigenvalue weighted by Crippen LogP contribution is -2.50. The third-order valence-corrected chi connectivity index (χ3v) is 4.37. The monoisotopic (exact) mass is 306 g/mol. The van der Waals surface area contributed by atoms with Crippen LogP contribution in [0.3, 0.4) is 0 Å². The van der Waals surface area contributed by atoms with Crippen molar-refractivity contribution >= 4 is 23.8 Å². The summed E-state index contributed by atoms with van der Waals surface area (Å²) in [6, 6.07) is -1.09. The molecule has 0 spiro atoms. The minimum atomic E-state index is -0.958. The van der Waals surface area contributed by atoms with Gasteiger partial charge in [-0.15, -0.1) is 11.8 Å². The van der Waals surface area contributed by atoms with Gasteiger partial charge in [-0.25, -0.2) is 9.59 Å². The number of hydrogen-bond acceptors (Lipinski definition) is 5. The fourth-order valence-electron chi connectivity index (χ4n) is 1.91. The predicted molar refractivity (Wildman–Crippen MR) is 75.9 cm³/mol. The maximum atomic E-state index is 12.1. The van der Waals surface area contributed by atoms with Gasteiger partial charge in [-0.1, -0.05) is 6.92 Å². The van der Waals surface area contributed by atoms with Crippen molar-refractivity contribution in [3.8, 4) is 0 Å². The molecule has 2 unspecified atom stereocenters. The highest BCUT2D eigenvalue weighted by Crippen LogP contribution is 2.31. The Bertz CT molecular complexity index is 329. The van der Waals surface area contributed by atoms with E-state index < -0.39 is 12.0 Å². The number of nitrogens with zero attached hydrogens (tertiary/aromatic N) is 1. The number of carboxylic acid groups (broad SMARTS) is 1. The summed E-state index contributed by atoms with van der Waals surface area (Å²) in [6.45, 7) is 3.66. The number of urea groups is 1. The zero-order valence-electron chi connectivity index (χ0n) is 11.8. The summed E-state index contributed by atoms with van der Waals surface area (Å²) >= 11 is 1.50. The van der Waals surface area contributed by atoms with Gasteiger partial charge in [0.2, 0.25) is 0 Å². The first-order chi connectivity index (χ1) is 9.61. The fourth-order valence-corrected chi connectivity index (χ4v) is 3.25. The van der Waals surface area contributed by atoms with Crippen molar-refractivity contribution in [2.45, 2.75) is 24.8 Å². The summed E-state index contributed by atoms with van der Waals surface area (Å²) in [4.78, 5) is 24.6. The number of carbonyl (C=O) groups excluding carboxylic acids is 1. The largest absolute Gasteiger partial charge is 0.480 e. The van der Waals surface area contributed by atoms with Crippen molar-refractivity contribution in [1.82, 2.24) is 10.2 Å². The SMILES string of the molecule is CCC1SCC(C(=O)O)N1C(=O)NCCOCCOC. The van der Waals surface area contributed by atoms with E-state index in [0.717, 1.165) is 6.42 Å². The Labute approximate surface area is 123 Å². The van der Waals surface area contributed by atoms with Crippen LogP contribution < -0.4 is 5.32 Å². The van der Waals surface area contributed by atoms with E-state index >= 15 is 0 Å². The van der Waals surface area contributed by atoms with Gasteiger partial charge in [0.15, 0.2) is 0 Å². The normalized spacial score (nSPS) is 22.0. The van der Waals surface area contributed by atoms with E-state index in [-0.39, 0.29) is 11.4 Å². The molecule has 2 atom stereocenters. The fraction of sp³-hybridized carbons (Fsp3) is 0.833. The minimum absolute atomic E-state index is 0.0782. The number of ether oxygens (including phenoxy) is 2. The molecule has 2 N–H and O–H groups in total. The number of rotatable bonds is 8. The number of carbonyl (C=O) groups is 2. The van der Waals surface area contributed by atoms with Crippen molar-refractivity contribution in [1.29, 1.82) is 0 Å². The lowest BCUT2D eigenvalue weighted by atomic mass is 10.3. The topological polar surface area (TPSA) is 88.1 Å². The van der Waals surface area contributed by atoms with Gasteiger partial charge in [0.25, 0.3) is 0 Å². The van der Waals surface area contributed by atoms with Crippen LogP contribution >= 0.6 is 11.8 Å². The highest BCUT2D eigenvalue weighted by atomic mass is 32.2. The van der Waals surface area contributed by atoms with Crippen molar-refractivity contribution in [3.05, 3.63) is 0 Å². The van der Waals surface area contributed by atoms with Crippen LogP contribution in [-0.4, -0.2) is 72.7 Å². The number of hydrogen-bond donors (Lipinski definition) is 2. The van der Waals surface area contributed by atoms with Crippen LogP contribution in [-0.2, 0) is 14.3 Å². The summed E-state index contributed by atoms with van der Waals surface area (Å²) in [6.07, 6.45) is 0.728. The quantitative estimate of drug-likeness (QED) is 0.638. The standard InChI is InChI=1S/C12H22N2O5S/c1-3-10-14(9(8-20-10)11(15)16)12(17)13-4-5-19-7-6-18-2/h9-10H,3-8H2,1-2H3,(H,13,17)(H,15,16). The van der Waals surface area contributed by atoms with E-state index in [4.69, 9.17) is 14.6 Å². The summed E-state index contributed by atoms with van der Waals surface area (Å²) in [5, 5.41) is 11.8. The number of carboxylic acids is 1. The van der Waals surface area contributed by atoms with E-state index in [9.17, 15) is 9.59 Å². The average molecular weight is 306 g/mol. The number of amides is 2. The van der Waals surface area contributed by atoms with Gasteiger partial charge in [0.1, 0.15) is 6.04 Å². The maximum absolute atomic E-state index is 12.1. The van der Waals surface area contributed by atoms with Gasteiger partial charge in [-0.2, -0.15) is 0 Å². The zero-order chi connectivity index (χ0) is 15.0. The molecule has 0 aromatic rings. The molecule has 0 aromatic carbocycles. The van der Waals surface area contributed by atoms with E-state index in [0.29, 0.717) is 32.1 Å². The van der Waals surface area contributed by atoms with Crippen LogP contribution in [0.25, 0.3) is 0 Å². The first-order valence-corrected chi connectivity index (χ1v) is 7.64. The summed E-state index contributed by atoms with van der Waals surface area (Å²) < 4.78 is 10.1. The number of nitrogens with one attached hydrogen (secondary N) is 1. The highest BCUT2D eigenvalue weighted by molar-refractivity contribution is 8.00. The molecule has 0 bridgehead atoms. The van der Waals surface area contributed by atoms with Crippen molar-refractivity contribution in [2.75, 3.05) is 39.2 Å². The van der Waals surface area contributed by atoms with E-state index in [1.165, 1.54) is 16.7 Å². The Hall–Kier alpha value is -0.990. The van der Waals surface area contributed by atoms with Crippen molar-refractivity contribution in [3.63, 3.8) is 0 Å². The molecule has 1 rings (SSSR count). The lowest BCUT2D eigenvalue weighted by molar-refractivity contribution is -0.141. The van der Waals surface area contributed by atoms with Crippen molar-refractivity contribution in [2.24, 2.45) is 0 Å². The highest BCUT2D eigenvalue weighted by Gasteiger charge is 2.40. The number of aliphatic carboxylic acids is 1. The molecule has 1 saturated heterocycles. The molecular weight excluding hydrogens is 284 g/mol. The molecule has 2 amide bonds. The Balaban J connectivity index is 2.37. The first kappa shape index (κ1) is 17.1. The number of thioether (sulfide) groups is 1. The van der Waals surface area contributed by atoms with Gasteiger partial charge in [-0.05, 0) is 6.42 Å². The van der Waals surface area contributed by atoms with E-state index in [2.05, 4.69) is 5.32 Å². The Morgan fingerprint density at radius 2 is 2.15 bits per heavy atom. The molecule has 1 heterocycles. The molecule has 7 nitrogen and oxygen atoms in total. The molecule has 0 aliphatic carbocycles. The minimum Gasteiger partial charge on any atom is -0.480 e. The van der Waals surface area contributed by atoms with Gasteiger partial charge >= 0.3 is 12.0 Å². The Kier molecular flexibility index (Phi) is 7.71. The van der Waals surface area contributed by atoms with Crippen LogP contribution in [0.4, 0.5) is 4.79 Å². The molecule has 1 aliphatic rings. The molecule has 0 radical (unpaired) electrons. The molecule has 116 valence electrons. The van der Waals surface area contributed by atoms with Crippen LogP contribution in [0.15, 0.2) is 0 Å². The van der Waals surface area contributed by atoms with E-state index in [1.54, 1.807) is 7.11 Å². The first-order valence-electron chi connectivity index (χ1n) is 6.59. The zero-order valence-corrected chi connectivity index (χ0v) is 12.6. The summed E-state index contributed by atoms with van der Waals surface area (Å²) in [5.41, 5.74) is 0.